The largest absolute Gasteiger partial charge is 0.573 e. The molecule has 0 spiro atoms. The molecule has 2 aromatic heterocycles. The third-order valence-corrected chi connectivity index (χ3v) is 12.3. The van der Waals surface area contributed by atoms with Crippen LogP contribution in [0.2, 0.25) is 10.0 Å². The minimum Gasteiger partial charge on any atom is -0.406 e. The first-order valence-electron chi connectivity index (χ1n) is 20.0. The summed E-state index contributed by atoms with van der Waals surface area (Å²) in [5.41, 5.74) is 6.16. The zero-order valence-electron chi connectivity index (χ0n) is 32.6. The number of alkyl halides is 3. The number of hydrogen-bond acceptors (Lipinski definition) is 7. The van der Waals surface area contributed by atoms with E-state index in [0.717, 1.165) is 95.4 Å². The summed E-state index contributed by atoms with van der Waals surface area (Å²) in [6, 6.07) is 24.2. The number of amides is 1. The maximum atomic E-state index is 13.8. The summed E-state index contributed by atoms with van der Waals surface area (Å²) in [4.78, 5) is 18.6. The number of carbonyl (C=O) groups is 1. The SMILES string of the molecule is O=C(NCCCn1cc(-c2ccc(OC(F)(F)F)cc2)c2cc(CN3CCN(Cc4c(Cl)cccc4Cl)CC3)ccc21)C1(NCc2ccc3cn[nH]c3c2)CCNCC1. The minimum atomic E-state index is -4.77. The van der Waals surface area contributed by atoms with E-state index in [1.54, 1.807) is 18.3 Å². The molecule has 2 aliphatic rings. The Hall–Kier alpha value is -4.63. The minimum absolute atomic E-state index is 0.000950. The van der Waals surface area contributed by atoms with Crippen molar-refractivity contribution in [2.24, 2.45) is 0 Å². The van der Waals surface area contributed by atoms with Gasteiger partial charge in [0, 0.05) is 103 Å². The van der Waals surface area contributed by atoms with Gasteiger partial charge >= 0.3 is 6.36 Å². The zero-order chi connectivity index (χ0) is 41.0. The first-order chi connectivity index (χ1) is 28.5. The second kappa shape index (κ2) is 17.9. The first kappa shape index (κ1) is 41.1. The molecule has 0 saturated carbocycles. The van der Waals surface area contributed by atoms with Crippen molar-refractivity contribution >= 4 is 50.9 Å². The number of fused-ring (bicyclic) bond motifs is 2. The standard InChI is InChI=1S/C44H47Cl2F3N8O2/c45-38-3-1-4-39(46)37(38)28-56-21-19-55(20-22-56)27-31-6-12-41-35(23-31)36(32-8-10-34(11-9-32)59-44(47,48)49)29-57(41)18-2-15-51-42(58)43(13-16-50-17-14-43)52-25-30-5-7-33-26-53-54-40(33)24-30/h1,3-12,23-24,26,29,50,52H,2,13-22,25,27-28H2,(H,51,58)(H,53,54). The van der Waals surface area contributed by atoms with Crippen molar-refractivity contribution in [2.45, 2.75) is 57.3 Å². The topological polar surface area (TPSA) is 102 Å². The average Bonchev–Trinajstić information content (AvgIpc) is 3.85. The number of aromatic amines is 1. The van der Waals surface area contributed by atoms with Gasteiger partial charge in [-0.1, -0.05) is 59.6 Å². The fraction of sp³-hybridized carbons (Fsp3) is 0.364. The van der Waals surface area contributed by atoms with Crippen LogP contribution in [0, 0.1) is 0 Å². The molecule has 0 radical (unpaired) electrons. The maximum absolute atomic E-state index is 13.8. The van der Waals surface area contributed by atoms with Crippen molar-refractivity contribution in [1.82, 2.24) is 40.5 Å². The lowest BCUT2D eigenvalue weighted by Crippen LogP contribution is -2.61. The van der Waals surface area contributed by atoms with E-state index in [2.05, 4.69) is 81.8 Å². The highest BCUT2D eigenvalue weighted by Crippen LogP contribution is 2.34. The molecule has 15 heteroatoms. The summed E-state index contributed by atoms with van der Waals surface area (Å²) in [6.07, 6.45) is 1.12. The maximum Gasteiger partial charge on any atom is 0.573 e. The fourth-order valence-corrected chi connectivity index (χ4v) is 8.81. The molecule has 6 aromatic rings. The van der Waals surface area contributed by atoms with Gasteiger partial charge in [0.05, 0.1) is 11.7 Å². The van der Waals surface area contributed by atoms with Gasteiger partial charge in [-0.05, 0) is 91.5 Å². The van der Waals surface area contributed by atoms with Gasteiger partial charge in [0.1, 0.15) is 11.3 Å². The van der Waals surface area contributed by atoms with Crippen molar-refractivity contribution in [3.63, 3.8) is 0 Å². The first-order valence-corrected chi connectivity index (χ1v) is 20.8. The number of halogens is 5. The quantitative estimate of drug-likeness (QED) is 0.0822. The molecule has 2 fully saturated rings. The summed E-state index contributed by atoms with van der Waals surface area (Å²) in [5, 5.41) is 20.8. The Kier molecular flexibility index (Phi) is 12.5. The van der Waals surface area contributed by atoms with Crippen LogP contribution in [-0.2, 0) is 31.0 Å². The molecule has 310 valence electrons. The number of nitrogens with one attached hydrogen (secondary N) is 4. The number of aromatic nitrogens is 3. The Labute approximate surface area is 351 Å². The molecule has 8 rings (SSSR count). The van der Waals surface area contributed by atoms with Crippen LogP contribution in [0.5, 0.6) is 5.75 Å². The molecule has 0 unspecified atom stereocenters. The van der Waals surface area contributed by atoms with E-state index in [-0.39, 0.29) is 11.7 Å². The van der Waals surface area contributed by atoms with Gasteiger partial charge in [0.25, 0.3) is 0 Å². The van der Waals surface area contributed by atoms with Crippen LogP contribution in [0.15, 0.2) is 91.3 Å². The van der Waals surface area contributed by atoms with Crippen LogP contribution >= 0.6 is 23.2 Å². The van der Waals surface area contributed by atoms with Crippen LogP contribution in [0.1, 0.15) is 36.0 Å². The number of aryl methyl sites for hydroxylation is 1. The summed E-state index contributed by atoms with van der Waals surface area (Å²) < 4.78 is 45.2. The van der Waals surface area contributed by atoms with Gasteiger partial charge in [-0.3, -0.25) is 25.0 Å². The van der Waals surface area contributed by atoms with E-state index in [9.17, 15) is 18.0 Å². The lowest BCUT2D eigenvalue weighted by molar-refractivity contribution is -0.274. The van der Waals surface area contributed by atoms with E-state index in [0.29, 0.717) is 55.5 Å². The van der Waals surface area contributed by atoms with Gasteiger partial charge in [0.15, 0.2) is 0 Å². The Bertz CT molecular complexity index is 2370. The lowest BCUT2D eigenvalue weighted by Gasteiger charge is -2.37. The van der Waals surface area contributed by atoms with Crippen molar-refractivity contribution in [3.05, 3.63) is 118 Å². The number of ether oxygens (including phenoxy) is 1. The number of benzene rings is 4. The van der Waals surface area contributed by atoms with Crippen LogP contribution in [-0.4, -0.2) is 88.2 Å². The highest BCUT2D eigenvalue weighted by atomic mass is 35.5. The number of nitrogens with zero attached hydrogens (tertiary/aromatic N) is 4. The van der Waals surface area contributed by atoms with E-state index in [1.807, 2.05) is 24.3 Å². The Morgan fingerprint density at radius 2 is 1.59 bits per heavy atom. The number of rotatable bonds is 14. The van der Waals surface area contributed by atoms with Crippen LogP contribution in [0.25, 0.3) is 32.9 Å². The number of carbonyl (C=O) groups excluding carboxylic acids is 1. The lowest BCUT2D eigenvalue weighted by atomic mass is 9.87. The molecule has 0 bridgehead atoms. The van der Waals surface area contributed by atoms with Gasteiger partial charge in [-0.15, -0.1) is 13.2 Å². The summed E-state index contributed by atoms with van der Waals surface area (Å²) in [7, 11) is 0. The summed E-state index contributed by atoms with van der Waals surface area (Å²) in [6.45, 7) is 8.16. The van der Waals surface area contributed by atoms with Gasteiger partial charge in [0.2, 0.25) is 5.91 Å². The summed E-state index contributed by atoms with van der Waals surface area (Å²) in [5.74, 6) is -0.267. The van der Waals surface area contributed by atoms with Crippen LogP contribution in [0.4, 0.5) is 13.2 Å². The fourth-order valence-electron chi connectivity index (χ4n) is 8.29. The number of piperidine rings is 1. The molecule has 59 heavy (non-hydrogen) atoms. The second-order valence-electron chi connectivity index (χ2n) is 15.5. The number of piperazine rings is 1. The van der Waals surface area contributed by atoms with Crippen molar-refractivity contribution in [1.29, 1.82) is 0 Å². The monoisotopic (exact) mass is 846 g/mol. The Balaban J connectivity index is 0.940. The molecule has 0 atom stereocenters. The highest BCUT2D eigenvalue weighted by molar-refractivity contribution is 6.36. The van der Waals surface area contributed by atoms with E-state index in [1.165, 1.54) is 12.1 Å². The van der Waals surface area contributed by atoms with Crippen LogP contribution < -0.4 is 20.7 Å². The Morgan fingerprint density at radius 1 is 0.881 bits per heavy atom. The molecule has 2 aliphatic heterocycles. The van der Waals surface area contributed by atoms with Gasteiger partial charge in [-0.2, -0.15) is 5.10 Å². The van der Waals surface area contributed by atoms with Crippen molar-refractivity contribution < 1.29 is 22.7 Å². The molecular formula is C44H47Cl2F3N8O2. The van der Waals surface area contributed by atoms with Crippen molar-refractivity contribution in [2.75, 3.05) is 45.8 Å². The second-order valence-corrected chi connectivity index (χ2v) is 16.3. The molecule has 4 N–H and O–H groups in total. The predicted octanol–water partition coefficient (Wildman–Crippen LogP) is 8.13. The molecule has 0 aliphatic carbocycles. The van der Waals surface area contributed by atoms with Crippen molar-refractivity contribution in [3.8, 4) is 16.9 Å². The molecular weight excluding hydrogens is 800 g/mol. The Morgan fingerprint density at radius 3 is 2.32 bits per heavy atom. The summed E-state index contributed by atoms with van der Waals surface area (Å²) >= 11 is 12.9. The van der Waals surface area contributed by atoms with Gasteiger partial charge < -0.3 is 19.9 Å². The molecule has 4 aromatic carbocycles. The molecule has 2 saturated heterocycles. The predicted molar refractivity (Wildman–Crippen MR) is 226 cm³/mol. The molecule has 4 heterocycles. The third-order valence-electron chi connectivity index (χ3n) is 11.5. The zero-order valence-corrected chi connectivity index (χ0v) is 34.1. The molecule has 10 nitrogen and oxygen atoms in total. The normalized spacial score (nSPS) is 16.5. The number of hydrogen-bond donors (Lipinski definition) is 4. The van der Waals surface area contributed by atoms with Crippen LogP contribution in [0.3, 0.4) is 0 Å². The smallest absolute Gasteiger partial charge is 0.406 e. The number of H-pyrrole nitrogens is 1. The van der Waals surface area contributed by atoms with E-state index in [4.69, 9.17) is 23.2 Å². The average molecular weight is 848 g/mol. The molecule has 1 amide bonds. The van der Waals surface area contributed by atoms with E-state index < -0.39 is 11.9 Å². The third kappa shape index (κ3) is 9.88. The van der Waals surface area contributed by atoms with Gasteiger partial charge in [-0.25, -0.2) is 0 Å². The van der Waals surface area contributed by atoms with E-state index >= 15 is 0 Å². The highest BCUT2D eigenvalue weighted by Gasteiger charge is 2.39.